The van der Waals surface area contributed by atoms with E-state index in [0.29, 0.717) is 79.1 Å². The Morgan fingerprint density at radius 2 is 0.697 bits per heavy atom. The molecule has 2 N–H and O–H groups in total. The first-order valence-electron chi connectivity index (χ1n) is 50.6. The number of hydrogen-bond acceptors (Lipinski definition) is 11. The first-order chi connectivity index (χ1) is 56.1. The summed E-state index contributed by atoms with van der Waals surface area (Å²) in [4.78, 5) is 46.2. The van der Waals surface area contributed by atoms with Crippen molar-refractivity contribution in [2.45, 2.75) is 528 Å². The highest BCUT2D eigenvalue weighted by atomic mass is 35.5. The predicted octanol–water partition coefficient (Wildman–Crippen LogP) is 31.8. The molecule has 3 aliphatic carbocycles. The average Bonchev–Trinajstić information content (AvgIpc) is 1.69. The fraction of sp³-hybridized carbons (Fsp3) is 0.905. The lowest BCUT2D eigenvalue weighted by Crippen LogP contribution is -2.45. The van der Waals surface area contributed by atoms with E-state index in [1.165, 1.54) is 167 Å². The normalized spacial score (nSPS) is 23.3. The third kappa shape index (κ3) is 49.7. The molecule has 3 fully saturated rings. The molecule has 0 saturated heterocycles. The Morgan fingerprint density at radius 3 is 1.04 bits per heavy atom. The van der Waals surface area contributed by atoms with Gasteiger partial charge in [0.15, 0.2) is 16.6 Å². The summed E-state index contributed by atoms with van der Waals surface area (Å²) in [5.74, 6) is 8.78. The standard InChI is InChI=1S/C30H58O3Si.C29H56O4Si.C24H44O3.C22H43ClO/c1-10-11-12-13-14-18-21-27-26(20-17-15-16-19-22-29(31)32-24(2)3)25(4)23-28(27)33-34(8,9)30(5,6)7;1-9-10-11-12-13-17-20-25-24(19-16-14-15-18-21-28(31)32-23(2)3)26(30)22-27(25)33-34(7,8)29(4,5)6;1-5-6-7-8-9-13-16-22-21(20(4)18-23(22)25)15-12-10-11-14-17-24(26)27-19(2)3;1-8-16(7)18(10-3)20(12-5)21(13-6)19(11-4)17(9-2)14-15-22(23)24/h15,17,24-28H,10-14,16,18-23H2,1-9H3;14,16,23-27,30H,9-13,15,17-22H2,1-8H3;10,12,19-23,25H,5-9,11,13-18H2,1-4H3;16-21H,8-15H2,1-7H3/b17-15-;16-14-;12-10-;/t25-,26-,27+,28+;24-,25-,26+,27-;20-,21-,22+,23+;/m010./s1. The van der Waals surface area contributed by atoms with Crippen molar-refractivity contribution in [1.29, 1.82) is 0 Å². The van der Waals surface area contributed by atoms with Gasteiger partial charge in [0, 0.05) is 31.8 Å². The van der Waals surface area contributed by atoms with E-state index in [2.05, 4.69) is 187 Å². The van der Waals surface area contributed by atoms with E-state index in [1.807, 2.05) is 41.5 Å². The molecule has 3 saturated carbocycles. The molecular formula is C105H201ClO11Si2. The third-order valence-electron chi connectivity index (χ3n) is 28.8. The number of allylic oxidation sites excluding steroid dienone is 6. The lowest BCUT2D eigenvalue weighted by molar-refractivity contribution is -0.148. The quantitative estimate of drug-likeness (QED) is 0.0149. The van der Waals surface area contributed by atoms with Crippen LogP contribution in [0.5, 0.6) is 0 Å². The lowest BCUT2D eigenvalue weighted by Gasteiger charge is -2.42. The van der Waals surface area contributed by atoms with Crippen molar-refractivity contribution in [3.63, 3.8) is 0 Å². The van der Waals surface area contributed by atoms with E-state index in [-0.39, 0.29) is 75.8 Å². The smallest absolute Gasteiger partial charge is 0.306 e. The average molecular weight is 1730 g/mol. The van der Waals surface area contributed by atoms with Crippen LogP contribution in [0.4, 0.5) is 0 Å². The van der Waals surface area contributed by atoms with Crippen molar-refractivity contribution < 1.29 is 52.5 Å². The van der Waals surface area contributed by atoms with Gasteiger partial charge in [-0.05, 0) is 275 Å². The number of carbonyl (C=O) groups excluding carboxylic acids is 4. The maximum atomic E-state index is 11.7. The highest BCUT2D eigenvalue weighted by Gasteiger charge is 2.49. The molecule has 3 rings (SSSR count). The van der Waals surface area contributed by atoms with Crippen LogP contribution in [0.25, 0.3) is 0 Å². The molecular weight excluding hydrogens is 1530 g/mol. The fourth-order valence-electron chi connectivity index (χ4n) is 19.7. The molecule has 0 aliphatic heterocycles. The van der Waals surface area contributed by atoms with Gasteiger partial charge < -0.3 is 33.3 Å². The summed E-state index contributed by atoms with van der Waals surface area (Å²) < 4.78 is 29.5. The summed E-state index contributed by atoms with van der Waals surface area (Å²) in [6, 6.07) is 0. The molecule has 18 atom stereocenters. The number of aliphatic hydroxyl groups excluding tert-OH is 2. The van der Waals surface area contributed by atoms with Crippen molar-refractivity contribution >= 4 is 51.4 Å². The minimum atomic E-state index is -1.88. The molecule has 702 valence electrons. The van der Waals surface area contributed by atoms with Crippen LogP contribution in [-0.4, -0.2) is 92.7 Å². The van der Waals surface area contributed by atoms with Crippen LogP contribution in [0, 0.1) is 82.9 Å². The van der Waals surface area contributed by atoms with Crippen LogP contribution >= 0.6 is 11.6 Å². The second-order valence-corrected chi connectivity index (χ2v) is 51.4. The van der Waals surface area contributed by atoms with Gasteiger partial charge >= 0.3 is 17.9 Å². The van der Waals surface area contributed by atoms with E-state index >= 15 is 0 Å². The van der Waals surface area contributed by atoms with Gasteiger partial charge in [-0.15, -0.1) is 0 Å². The zero-order valence-electron chi connectivity index (χ0n) is 83.6. The molecule has 6 unspecified atom stereocenters. The minimum Gasteiger partial charge on any atom is -0.463 e. The Bertz CT molecular complexity index is 2520. The second kappa shape index (κ2) is 66.3. The zero-order valence-corrected chi connectivity index (χ0v) is 86.4. The monoisotopic (exact) mass is 1730 g/mol. The number of rotatable bonds is 60. The first-order valence-corrected chi connectivity index (χ1v) is 56.8. The van der Waals surface area contributed by atoms with Gasteiger partial charge in [-0.25, -0.2) is 0 Å². The number of aliphatic hydroxyl groups is 2. The molecule has 14 heteroatoms. The molecule has 0 bridgehead atoms. The van der Waals surface area contributed by atoms with Crippen LogP contribution in [0.2, 0.25) is 36.3 Å². The molecule has 0 radical (unpaired) electrons. The van der Waals surface area contributed by atoms with Crippen LogP contribution in [0.3, 0.4) is 0 Å². The van der Waals surface area contributed by atoms with Crippen molar-refractivity contribution in [3.8, 4) is 0 Å². The Hall–Kier alpha value is -2.14. The topological polar surface area (TPSA) is 155 Å². The highest BCUT2D eigenvalue weighted by molar-refractivity contribution is 6.74. The van der Waals surface area contributed by atoms with E-state index in [0.717, 1.165) is 119 Å². The van der Waals surface area contributed by atoms with Gasteiger partial charge in [-0.2, -0.15) is 0 Å². The maximum absolute atomic E-state index is 11.7. The number of ether oxygens (including phenoxy) is 3. The van der Waals surface area contributed by atoms with Crippen molar-refractivity contribution in [2.75, 3.05) is 0 Å². The third-order valence-corrected chi connectivity index (χ3v) is 38.0. The number of carbonyl (C=O) groups is 4. The molecule has 0 heterocycles. The van der Waals surface area contributed by atoms with Gasteiger partial charge in [0.25, 0.3) is 0 Å². The Morgan fingerprint density at radius 1 is 0.378 bits per heavy atom. The summed E-state index contributed by atoms with van der Waals surface area (Å²) >= 11 is 5.62. The summed E-state index contributed by atoms with van der Waals surface area (Å²) in [7, 11) is -3.65. The summed E-state index contributed by atoms with van der Waals surface area (Å²) in [5.41, 5.74) is 0. The van der Waals surface area contributed by atoms with Gasteiger partial charge in [0.1, 0.15) is 0 Å². The number of halogens is 1. The molecule has 0 aromatic carbocycles. The molecule has 0 aromatic heterocycles. The van der Waals surface area contributed by atoms with Gasteiger partial charge in [-0.1, -0.05) is 315 Å². The van der Waals surface area contributed by atoms with Gasteiger partial charge in [0.05, 0.1) is 36.6 Å². The van der Waals surface area contributed by atoms with Crippen LogP contribution < -0.4 is 0 Å². The van der Waals surface area contributed by atoms with E-state index < -0.39 is 16.6 Å². The van der Waals surface area contributed by atoms with Crippen LogP contribution in [-0.2, 0) is 42.2 Å². The van der Waals surface area contributed by atoms with Crippen LogP contribution in [0.15, 0.2) is 36.5 Å². The summed E-state index contributed by atoms with van der Waals surface area (Å²) in [5, 5.41) is 21.7. The lowest BCUT2D eigenvalue weighted by atomic mass is 9.63. The van der Waals surface area contributed by atoms with Crippen molar-refractivity contribution in [1.82, 2.24) is 0 Å². The van der Waals surface area contributed by atoms with E-state index in [9.17, 15) is 29.4 Å². The molecule has 0 aromatic rings. The van der Waals surface area contributed by atoms with Gasteiger partial charge in [0.2, 0.25) is 5.24 Å². The number of hydrogen-bond donors (Lipinski definition) is 2. The SMILES string of the molecule is CCC(C)C(CC)C(CC)C(CC)C(CC)C(CC)CCC(=O)Cl.CCCCCCCC[C@@H]1[C@@H](C/C=C\CCCC(=O)OC(C)C)[C@@H](C)C[C@H]1O.CCCCCCCC[C@@H]1[C@@H](C/C=C\CCCC(=O)OC(C)C)[C@@H](C)C[C@H]1O[Si](C)(C)C(C)(C)C.CCCCCCCC[C@@H]1[C@@H](C/C=C\CCCC(=O)OC(C)C)[C@@H](O)C[C@H]1O[Si](C)(C)C(C)(C)C. The molecule has 11 nitrogen and oxygen atoms in total. The minimum absolute atomic E-state index is 0.0167. The summed E-state index contributed by atoms with van der Waals surface area (Å²) in [6.45, 7) is 62.9. The maximum Gasteiger partial charge on any atom is 0.306 e. The van der Waals surface area contributed by atoms with E-state index in [4.69, 9.17) is 34.7 Å². The van der Waals surface area contributed by atoms with Gasteiger partial charge in [-0.3, -0.25) is 19.2 Å². The Kier molecular flexibility index (Phi) is 65.1. The fourth-order valence-corrected chi connectivity index (χ4v) is 22.5. The molecule has 0 spiro atoms. The first kappa shape index (κ1) is 117. The van der Waals surface area contributed by atoms with Crippen molar-refractivity contribution in [2.24, 2.45) is 82.9 Å². The Balaban J connectivity index is 0.00000158. The number of unbranched alkanes of at least 4 members (excludes halogenated alkanes) is 18. The molecule has 0 amide bonds. The second-order valence-electron chi connectivity index (χ2n) is 41.4. The zero-order chi connectivity index (χ0) is 90.3. The van der Waals surface area contributed by atoms with Crippen molar-refractivity contribution in [3.05, 3.63) is 36.5 Å². The largest absolute Gasteiger partial charge is 0.463 e. The molecule has 3 aliphatic rings. The summed E-state index contributed by atoms with van der Waals surface area (Å²) in [6.07, 6.45) is 63.1. The Labute approximate surface area is 746 Å². The highest BCUT2D eigenvalue weighted by Crippen LogP contribution is 2.50. The van der Waals surface area contributed by atoms with Crippen LogP contribution in [0.1, 0.15) is 449 Å². The number of esters is 3. The van der Waals surface area contributed by atoms with E-state index in [1.54, 1.807) is 0 Å². The molecule has 119 heavy (non-hydrogen) atoms. The predicted molar refractivity (Wildman–Crippen MR) is 518 cm³/mol.